The standard InChI is InChI=1S/C18H21N3O5S/c1-2-23-16(22)9-14-12-27-18(20-14)21-19-10-13-4-3-5-15(8-13)26-11-17-24-6-7-25-17/h3-5,8,10,12,17H,2,6-7,9,11H2,1H3,(H,20,21). The summed E-state index contributed by atoms with van der Waals surface area (Å²) in [7, 11) is 0. The van der Waals surface area contributed by atoms with Crippen molar-refractivity contribution < 1.29 is 23.7 Å². The van der Waals surface area contributed by atoms with Crippen molar-refractivity contribution in [2.45, 2.75) is 19.6 Å². The number of benzene rings is 1. The summed E-state index contributed by atoms with van der Waals surface area (Å²) in [5.74, 6) is 0.423. The van der Waals surface area contributed by atoms with E-state index in [1.54, 1.807) is 18.5 Å². The maximum atomic E-state index is 11.5. The number of hydrogen-bond donors (Lipinski definition) is 1. The Hall–Kier alpha value is -2.49. The molecule has 0 aliphatic carbocycles. The van der Waals surface area contributed by atoms with Crippen LogP contribution in [0.15, 0.2) is 34.7 Å². The Morgan fingerprint density at radius 3 is 3.11 bits per heavy atom. The van der Waals surface area contributed by atoms with Gasteiger partial charge in [-0.05, 0) is 24.6 Å². The van der Waals surface area contributed by atoms with E-state index in [9.17, 15) is 4.79 Å². The van der Waals surface area contributed by atoms with E-state index in [1.165, 1.54) is 11.3 Å². The summed E-state index contributed by atoms with van der Waals surface area (Å²) in [5.41, 5.74) is 4.39. The molecule has 1 aliphatic rings. The molecule has 0 spiro atoms. The molecule has 3 rings (SSSR count). The van der Waals surface area contributed by atoms with Gasteiger partial charge < -0.3 is 18.9 Å². The summed E-state index contributed by atoms with van der Waals surface area (Å²) in [6, 6.07) is 7.53. The Morgan fingerprint density at radius 2 is 2.30 bits per heavy atom. The van der Waals surface area contributed by atoms with E-state index in [2.05, 4.69) is 15.5 Å². The van der Waals surface area contributed by atoms with Gasteiger partial charge in [-0.3, -0.25) is 10.2 Å². The molecule has 1 aliphatic heterocycles. The number of carbonyl (C=O) groups is 1. The maximum absolute atomic E-state index is 11.5. The van der Waals surface area contributed by atoms with Crippen LogP contribution in [0.2, 0.25) is 0 Å². The van der Waals surface area contributed by atoms with Crippen LogP contribution in [0.1, 0.15) is 18.2 Å². The van der Waals surface area contributed by atoms with Gasteiger partial charge in [-0.2, -0.15) is 5.10 Å². The van der Waals surface area contributed by atoms with E-state index in [1.807, 2.05) is 24.3 Å². The monoisotopic (exact) mass is 391 g/mol. The fraction of sp³-hybridized carbons (Fsp3) is 0.389. The van der Waals surface area contributed by atoms with Crippen LogP contribution in [-0.2, 0) is 25.4 Å². The van der Waals surface area contributed by atoms with Gasteiger partial charge in [-0.25, -0.2) is 4.98 Å². The molecule has 9 heteroatoms. The van der Waals surface area contributed by atoms with Crippen molar-refractivity contribution in [1.82, 2.24) is 4.98 Å². The van der Waals surface area contributed by atoms with Crippen LogP contribution in [0.3, 0.4) is 0 Å². The molecular weight excluding hydrogens is 370 g/mol. The number of thiazole rings is 1. The van der Waals surface area contributed by atoms with Crippen molar-refractivity contribution in [3.05, 3.63) is 40.9 Å². The normalized spacial score (nSPS) is 14.6. The molecule has 1 N–H and O–H groups in total. The molecule has 0 atom stereocenters. The molecular formula is C18H21N3O5S. The molecule has 144 valence electrons. The zero-order valence-corrected chi connectivity index (χ0v) is 15.7. The van der Waals surface area contributed by atoms with Crippen molar-refractivity contribution in [3.8, 4) is 5.75 Å². The van der Waals surface area contributed by atoms with Gasteiger partial charge in [0.2, 0.25) is 5.13 Å². The lowest BCUT2D eigenvalue weighted by molar-refractivity contribution is -0.142. The second kappa shape index (κ2) is 10.0. The van der Waals surface area contributed by atoms with E-state index < -0.39 is 0 Å². The zero-order valence-electron chi connectivity index (χ0n) is 14.9. The van der Waals surface area contributed by atoms with Crippen LogP contribution in [0.5, 0.6) is 5.75 Å². The smallest absolute Gasteiger partial charge is 0.311 e. The van der Waals surface area contributed by atoms with E-state index in [0.29, 0.717) is 43.0 Å². The lowest BCUT2D eigenvalue weighted by Gasteiger charge is -2.11. The zero-order chi connectivity index (χ0) is 18.9. The van der Waals surface area contributed by atoms with Crippen molar-refractivity contribution in [2.24, 2.45) is 5.10 Å². The largest absolute Gasteiger partial charge is 0.488 e. The molecule has 2 heterocycles. The molecule has 2 aromatic rings. The van der Waals surface area contributed by atoms with Gasteiger partial charge in [0, 0.05) is 5.38 Å². The molecule has 1 aromatic carbocycles. The van der Waals surface area contributed by atoms with Crippen LogP contribution in [0.4, 0.5) is 5.13 Å². The first-order valence-corrected chi connectivity index (χ1v) is 9.46. The number of esters is 1. The number of hydrogen-bond acceptors (Lipinski definition) is 9. The maximum Gasteiger partial charge on any atom is 0.311 e. The third-order valence-corrected chi connectivity index (χ3v) is 4.29. The quantitative estimate of drug-likeness (QED) is 0.399. The van der Waals surface area contributed by atoms with Crippen molar-refractivity contribution in [1.29, 1.82) is 0 Å². The van der Waals surface area contributed by atoms with Crippen molar-refractivity contribution >= 4 is 28.7 Å². The van der Waals surface area contributed by atoms with E-state index in [4.69, 9.17) is 18.9 Å². The first kappa shape index (κ1) is 19.3. The van der Waals surface area contributed by atoms with Crippen LogP contribution < -0.4 is 10.2 Å². The average Bonchev–Trinajstić information content (AvgIpc) is 3.33. The molecule has 1 aromatic heterocycles. The van der Waals surface area contributed by atoms with Gasteiger partial charge in [-0.15, -0.1) is 11.3 Å². The second-order valence-corrected chi connectivity index (χ2v) is 6.41. The number of nitrogens with one attached hydrogen (secondary N) is 1. The fourth-order valence-corrected chi connectivity index (χ4v) is 2.97. The highest BCUT2D eigenvalue weighted by molar-refractivity contribution is 7.13. The molecule has 0 bridgehead atoms. The van der Waals surface area contributed by atoms with E-state index in [-0.39, 0.29) is 18.7 Å². The van der Waals surface area contributed by atoms with Crippen LogP contribution >= 0.6 is 11.3 Å². The Morgan fingerprint density at radius 1 is 1.44 bits per heavy atom. The SMILES string of the molecule is CCOC(=O)Cc1csc(NN=Cc2cccc(OCC3OCCO3)c2)n1. The Balaban J connectivity index is 1.48. The third kappa shape index (κ3) is 6.31. The Bertz CT molecular complexity index is 774. The molecule has 1 saturated heterocycles. The molecule has 0 amide bonds. The minimum absolute atomic E-state index is 0.156. The predicted octanol–water partition coefficient (Wildman–Crippen LogP) is 2.45. The first-order chi connectivity index (χ1) is 13.2. The summed E-state index contributed by atoms with van der Waals surface area (Å²) < 4.78 is 21.3. The fourth-order valence-electron chi connectivity index (χ4n) is 2.31. The minimum atomic E-state index is -0.308. The van der Waals surface area contributed by atoms with Gasteiger partial charge in [0.15, 0.2) is 6.29 Å². The summed E-state index contributed by atoms with van der Waals surface area (Å²) in [6.07, 6.45) is 1.52. The van der Waals surface area contributed by atoms with Crippen LogP contribution in [0.25, 0.3) is 0 Å². The second-order valence-electron chi connectivity index (χ2n) is 5.55. The predicted molar refractivity (Wildman–Crippen MR) is 101 cm³/mol. The number of ether oxygens (including phenoxy) is 4. The topological polar surface area (TPSA) is 91.3 Å². The van der Waals surface area contributed by atoms with E-state index >= 15 is 0 Å². The number of hydrazone groups is 1. The molecule has 8 nitrogen and oxygen atoms in total. The number of anilines is 1. The lowest BCUT2D eigenvalue weighted by Crippen LogP contribution is -2.18. The van der Waals surface area contributed by atoms with Crippen LogP contribution in [-0.4, -0.2) is 49.9 Å². The molecule has 0 unspecified atom stereocenters. The third-order valence-electron chi connectivity index (χ3n) is 3.49. The highest BCUT2D eigenvalue weighted by atomic mass is 32.1. The van der Waals surface area contributed by atoms with Gasteiger partial charge in [0.1, 0.15) is 12.4 Å². The molecule has 0 radical (unpaired) electrons. The van der Waals surface area contributed by atoms with Gasteiger partial charge in [0.05, 0.1) is 38.1 Å². The number of rotatable bonds is 9. The Kier molecular flexibility index (Phi) is 7.14. The summed E-state index contributed by atoms with van der Waals surface area (Å²) in [4.78, 5) is 15.7. The lowest BCUT2D eigenvalue weighted by atomic mass is 10.2. The number of carbonyl (C=O) groups excluding carboxylic acids is 1. The number of aromatic nitrogens is 1. The molecule has 1 fully saturated rings. The minimum Gasteiger partial charge on any atom is -0.488 e. The highest BCUT2D eigenvalue weighted by Gasteiger charge is 2.16. The van der Waals surface area contributed by atoms with Crippen molar-refractivity contribution in [2.75, 3.05) is 31.9 Å². The van der Waals surface area contributed by atoms with Gasteiger partial charge >= 0.3 is 5.97 Å². The molecule has 27 heavy (non-hydrogen) atoms. The number of nitrogens with zero attached hydrogens (tertiary/aromatic N) is 2. The highest BCUT2D eigenvalue weighted by Crippen LogP contribution is 2.17. The Labute approximate surface area is 161 Å². The average molecular weight is 391 g/mol. The van der Waals surface area contributed by atoms with Crippen molar-refractivity contribution in [3.63, 3.8) is 0 Å². The first-order valence-electron chi connectivity index (χ1n) is 8.58. The summed E-state index contributed by atoms with van der Waals surface area (Å²) in [6.45, 7) is 3.69. The summed E-state index contributed by atoms with van der Waals surface area (Å²) in [5, 5.41) is 6.58. The van der Waals surface area contributed by atoms with Gasteiger partial charge in [-0.1, -0.05) is 12.1 Å². The summed E-state index contributed by atoms with van der Waals surface area (Å²) >= 11 is 1.37. The van der Waals surface area contributed by atoms with E-state index in [0.717, 1.165) is 5.56 Å². The van der Waals surface area contributed by atoms with Crippen LogP contribution in [0, 0.1) is 0 Å². The molecule has 0 saturated carbocycles. The van der Waals surface area contributed by atoms with Gasteiger partial charge in [0.25, 0.3) is 0 Å².